The SMILES string of the molecule is C=CC(=C)N1CCC(c2cc(-c3ccc(C4CC4c4ccccn4)cc3F)n3cnccc23)C1. The number of fused-ring (bicyclic) bond motifs is 1. The van der Waals surface area contributed by atoms with Crippen LogP contribution in [0.3, 0.4) is 0 Å². The molecule has 1 saturated carbocycles. The maximum atomic E-state index is 15.5. The third-order valence-electron chi connectivity index (χ3n) is 7.43. The van der Waals surface area contributed by atoms with Gasteiger partial charge in [-0.25, -0.2) is 9.37 Å². The van der Waals surface area contributed by atoms with Crippen molar-refractivity contribution in [3.05, 3.63) is 115 Å². The lowest BCUT2D eigenvalue weighted by Gasteiger charge is -2.18. The quantitative estimate of drug-likeness (QED) is 0.324. The maximum absolute atomic E-state index is 15.5. The van der Waals surface area contributed by atoms with Gasteiger partial charge in [0.05, 0.1) is 17.5 Å². The molecular formula is C29H27FN4. The Morgan fingerprint density at radius 2 is 2.00 bits per heavy atom. The molecule has 1 aliphatic carbocycles. The van der Waals surface area contributed by atoms with E-state index in [1.165, 1.54) is 5.56 Å². The molecule has 4 nitrogen and oxygen atoms in total. The van der Waals surface area contributed by atoms with Gasteiger partial charge in [0, 0.05) is 54.3 Å². The average Bonchev–Trinajstić information content (AvgIpc) is 3.37. The minimum Gasteiger partial charge on any atom is -0.371 e. The number of aromatic nitrogens is 3. The Morgan fingerprint density at radius 1 is 1.09 bits per heavy atom. The molecule has 3 unspecified atom stereocenters. The first kappa shape index (κ1) is 20.8. The zero-order valence-corrected chi connectivity index (χ0v) is 19.1. The van der Waals surface area contributed by atoms with Crippen LogP contribution in [0.4, 0.5) is 4.39 Å². The van der Waals surface area contributed by atoms with E-state index in [2.05, 4.69) is 46.2 Å². The molecule has 0 radical (unpaired) electrons. The predicted molar refractivity (Wildman–Crippen MR) is 133 cm³/mol. The Bertz CT molecular complexity index is 1390. The van der Waals surface area contributed by atoms with E-state index in [1.807, 2.05) is 47.1 Å². The van der Waals surface area contributed by atoms with E-state index in [0.717, 1.165) is 54.1 Å². The second-order valence-corrected chi connectivity index (χ2v) is 9.39. The zero-order chi connectivity index (χ0) is 23.2. The molecule has 0 N–H and O–H groups in total. The van der Waals surface area contributed by atoms with Crippen molar-refractivity contribution in [2.75, 3.05) is 13.1 Å². The number of rotatable bonds is 6. The van der Waals surface area contributed by atoms with E-state index < -0.39 is 0 Å². The fraction of sp³-hybridized carbons (Fsp3) is 0.241. The zero-order valence-electron chi connectivity index (χ0n) is 19.1. The minimum absolute atomic E-state index is 0.188. The van der Waals surface area contributed by atoms with Crippen LogP contribution < -0.4 is 0 Å². The summed E-state index contributed by atoms with van der Waals surface area (Å²) in [7, 11) is 0. The molecule has 0 spiro atoms. The number of allylic oxidation sites excluding steroid dienone is 1. The van der Waals surface area contributed by atoms with Crippen molar-refractivity contribution < 1.29 is 4.39 Å². The Morgan fingerprint density at radius 3 is 2.79 bits per heavy atom. The number of hydrogen-bond acceptors (Lipinski definition) is 3. The summed E-state index contributed by atoms with van der Waals surface area (Å²) in [6.45, 7) is 9.80. The average molecular weight is 451 g/mol. The largest absolute Gasteiger partial charge is 0.371 e. The smallest absolute Gasteiger partial charge is 0.132 e. The summed E-state index contributed by atoms with van der Waals surface area (Å²) in [5.41, 5.74) is 6.87. The van der Waals surface area contributed by atoms with Crippen molar-refractivity contribution in [2.45, 2.75) is 30.6 Å². The van der Waals surface area contributed by atoms with Crippen molar-refractivity contribution in [3.63, 3.8) is 0 Å². The van der Waals surface area contributed by atoms with Crippen LogP contribution in [0.15, 0.2) is 92.2 Å². The van der Waals surface area contributed by atoms with Crippen molar-refractivity contribution in [1.29, 1.82) is 0 Å². The monoisotopic (exact) mass is 450 g/mol. The lowest BCUT2D eigenvalue weighted by atomic mass is 9.98. The van der Waals surface area contributed by atoms with E-state index in [1.54, 1.807) is 12.4 Å². The lowest BCUT2D eigenvalue weighted by molar-refractivity contribution is 0.436. The normalized spacial score (nSPS) is 21.7. The van der Waals surface area contributed by atoms with Gasteiger partial charge in [-0.15, -0.1) is 0 Å². The van der Waals surface area contributed by atoms with Gasteiger partial charge in [0.2, 0.25) is 0 Å². The van der Waals surface area contributed by atoms with E-state index in [0.29, 0.717) is 23.3 Å². The molecule has 2 aliphatic rings. The molecule has 1 saturated heterocycles. The number of hydrogen-bond donors (Lipinski definition) is 0. The molecule has 6 rings (SSSR count). The Kier molecular flexibility index (Phi) is 5.05. The van der Waals surface area contributed by atoms with Gasteiger partial charge in [0.1, 0.15) is 5.82 Å². The van der Waals surface area contributed by atoms with E-state index in [-0.39, 0.29) is 5.82 Å². The first-order valence-corrected chi connectivity index (χ1v) is 11.9. The highest BCUT2D eigenvalue weighted by Crippen LogP contribution is 2.54. The summed E-state index contributed by atoms with van der Waals surface area (Å²) >= 11 is 0. The second kappa shape index (κ2) is 8.24. The van der Waals surface area contributed by atoms with Crippen LogP contribution in [-0.4, -0.2) is 32.4 Å². The second-order valence-electron chi connectivity index (χ2n) is 9.39. The van der Waals surface area contributed by atoms with Gasteiger partial charge in [-0.05, 0) is 72.4 Å². The predicted octanol–water partition coefficient (Wildman–Crippen LogP) is 6.30. The first-order valence-electron chi connectivity index (χ1n) is 11.9. The van der Waals surface area contributed by atoms with Crippen LogP contribution in [0.5, 0.6) is 0 Å². The van der Waals surface area contributed by atoms with Gasteiger partial charge < -0.3 is 4.90 Å². The van der Waals surface area contributed by atoms with Gasteiger partial charge in [-0.3, -0.25) is 9.38 Å². The molecule has 1 aliphatic heterocycles. The number of halogens is 1. The third-order valence-corrected chi connectivity index (χ3v) is 7.43. The Hall–Kier alpha value is -3.73. The van der Waals surface area contributed by atoms with Crippen LogP contribution in [0.25, 0.3) is 16.8 Å². The molecule has 0 amide bonds. The number of likely N-dealkylation sites (tertiary alicyclic amines) is 1. The molecule has 0 bridgehead atoms. The molecule has 1 aromatic carbocycles. The summed E-state index contributed by atoms with van der Waals surface area (Å²) in [6, 6.07) is 15.9. The summed E-state index contributed by atoms with van der Waals surface area (Å²) < 4.78 is 17.5. The van der Waals surface area contributed by atoms with Gasteiger partial charge in [-0.2, -0.15) is 0 Å². The van der Waals surface area contributed by atoms with Gasteiger partial charge in [-0.1, -0.05) is 25.3 Å². The van der Waals surface area contributed by atoms with Crippen molar-refractivity contribution in [3.8, 4) is 11.3 Å². The van der Waals surface area contributed by atoms with Crippen LogP contribution in [0.1, 0.15) is 47.4 Å². The van der Waals surface area contributed by atoms with Crippen molar-refractivity contribution in [2.24, 2.45) is 0 Å². The number of nitrogens with zero attached hydrogens (tertiary/aromatic N) is 4. The van der Waals surface area contributed by atoms with Gasteiger partial charge in [0.25, 0.3) is 0 Å². The van der Waals surface area contributed by atoms with Gasteiger partial charge >= 0.3 is 0 Å². The van der Waals surface area contributed by atoms with Crippen LogP contribution in [0.2, 0.25) is 0 Å². The highest BCUT2D eigenvalue weighted by molar-refractivity contribution is 5.72. The summed E-state index contributed by atoms with van der Waals surface area (Å²) in [6.07, 6.45) is 9.29. The number of benzene rings is 1. The minimum atomic E-state index is -0.188. The topological polar surface area (TPSA) is 33.4 Å². The molecule has 34 heavy (non-hydrogen) atoms. The summed E-state index contributed by atoms with van der Waals surface area (Å²) in [5.74, 6) is 0.886. The fourth-order valence-electron chi connectivity index (χ4n) is 5.47. The molecule has 3 atom stereocenters. The van der Waals surface area contributed by atoms with Crippen molar-refractivity contribution in [1.82, 2.24) is 19.3 Å². The van der Waals surface area contributed by atoms with E-state index in [9.17, 15) is 0 Å². The summed E-state index contributed by atoms with van der Waals surface area (Å²) in [4.78, 5) is 11.1. The molecule has 2 fully saturated rings. The van der Waals surface area contributed by atoms with Gasteiger partial charge in [0.15, 0.2) is 0 Å². The molecule has 4 heterocycles. The van der Waals surface area contributed by atoms with E-state index in [4.69, 9.17) is 0 Å². The fourth-order valence-corrected chi connectivity index (χ4v) is 5.47. The maximum Gasteiger partial charge on any atom is 0.132 e. The number of pyridine rings is 1. The Labute approximate surface area is 199 Å². The van der Waals surface area contributed by atoms with Crippen LogP contribution in [-0.2, 0) is 0 Å². The lowest BCUT2D eigenvalue weighted by Crippen LogP contribution is -2.17. The van der Waals surface area contributed by atoms with Crippen molar-refractivity contribution >= 4 is 5.52 Å². The van der Waals surface area contributed by atoms with Crippen LogP contribution >= 0.6 is 0 Å². The molecule has 3 aromatic heterocycles. The van der Waals surface area contributed by atoms with Crippen LogP contribution in [0, 0.1) is 5.82 Å². The van der Waals surface area contributed by atoms with E-state index >= 15 is 4.39 Å². The Balaban J connectivity index is 1.32. The standard InChI is InChI=1S/C29H27FN4/c1-3-19(2)33-13-10-21(17-33)24-16-29(34-18-31-12-9-28(24)34)22-8-7-20(14-26(22)30)23-15-25(23)27-6-4-5-11-32-27/h3-9,11-12,14,16,18,21,23,25H,1-2,10,13,15,17H2. The highest BCUT2D eigenvalue weighted by atomic mass is 19.1. The summed E-state index contributed by atoms with van der Waals surface area (Å²) in [5, 5.41) is 0. The molecule has 170 valence electrons. The molecular weight excluding hydrogens is 423 g/mol. The molecule has 4 aromatic rings. The highest BCUT2D eigenvalue weighted by Gasteiger charge is 2.40. The first-order chi connectivity index (χ1) is 16.6. The third kappa shape index (κ3) is 3.52. The molecule has 5 heteroatoms.